The van der Waals surface area contributed by atoms with Gasteiger partial charge in [0.05, 0.1) is 11.2 Å². The maximum Gasteiger partial charge on any atom is 0.220 e. The molecule has 1 aromatic heterocycles. The van der Waals surface area contributed by atoms with E-state index in [9.17, 15) is 4.79 Å². The number of aryl methyl sites for hydroxylation is 1. The van der Waals surface area contributed by atoms with Crippen molar-refractivity contribution in [2.45, 2.75) is 19.4 Å². The van der Waals surface area contributed by atoms with E-state index in [1.54, 1.807) is 18.3 Å². The molecule has 0 bridgehead atoms. The largest absolute Gasteiger partial charge is 0.441 e. The average molecular weight is 375 g/mol. The molecule has 0 atom stereocenters. The molecule has 25 heavy (non-hydrogen) atoms. The zero-order chi connectivity index (χ0) is 17.6. The van der Waals surface area contributed by atoms with Crippen LogP contribution in [-0.4, -0.2) is 10.9 Å². The van der Waals surface area contributed by atoms with Gasteiger partial charge in [-0.2, -0.15) is 0 Å². The summed E-state index contributed by atoms with van der Waals surface area (Å²) >= 11 is 12.1. The summed E-state index contributed by atoms with van der Waals surface area (Å²) in [5.41, 5.74) is 1.74. The fraction of sp³-hybridized carbons (Fsp3) is 0.158. The molecular weight excluding hydrogens is 359 g/mol. The minimum absolute atomic E-state index is 0.0718. The summed E-state index contributed by atoms with van der Waals surface area (Å²) in [5, 5.41) is 4.11. The molecule has 0 unspecified atom stereocenters. The second kappa shape index (κ2) is 8.19. The lowest BCUT2D eigenvalue weighted by atomic mass is 10.2. The standard InChI is InChI=1S/C19H16Cl2N2O2/c20-14-5-3-4-13(10-14)11-22-18(24)8-9-19-23-12-17(25-19)15-6-1-2-7-16(15)21/h1-7,10,12H,8-9,11H2,(H,22,24). The molecule has 0 saturated heterocycles. The van der Waals surface area contributed by atoms with Gasteiger partial charge < -0.3 is 9.73 Å². The van der Waals surface area contributed by atoms with E-state index in [2.05, 4.69) is 10.3 Å². The zero-order valence-corrected chi connectivity index (χ0v) is 14.8. The first-order valence-corrected chi connectivity index (χ1v) is 8.58. The van der Waals surface area contributed by atoms with Crippen molar-refractivity contribution in [2.24, 2.45) is 0 Å². The van der Waals surface area contributed by atoms with Crippen LogP contribution in [0.25, 0.3) is 11.3 Å². The van der Waals surface area contributed by atoms with E-state index in [0.29, 0.717) is 41.1 Å². The Hall–Kier alpha value is -2.30. The number of amides is 1. The molecule has 0 saturated carbocycles. The van der Waals surface area contributed by atoms with Crippen molar-refractivity contribution in [1.82, 2.24) is 10.3 Å². The molecule has 1 heterocycles. The van der Waals surface area contributed by atoms with E-state index in [0.717, 1.165) is 11.1 Å². The molecule has 3 rings (SSSR count). The quantitative estimate of drug-likeness (QED) is 0.667. The highest BCUT2D eigenvalue weighted by Gasteiger charge is 2.11. The number of oxazole rings is 1. The molecule has 0 aliphatic rings. The number of carbonyl (C=O) groups is 1. The van der Waals surface area contributed by atoms with Gasteiger partial charge in [-0.25, -0.2) is 4.98 Å². The normalized spacial score (nSPS) is 10.6. The number of benzene rings is 2. The van der Waals surface area contributed by atoms with Crippen LogP contribution in [-0.2, 0) is 17.8 Å². The molecule has 0 radical (unpaired) electrons. The molecule has 0 fully saturated rings. The number of halogens is 2. The van der Waals surface area contributed by atoms with Crippen molar-refractivity contribution >= 4 is 29.1 Å². The van der Waals surface area contributed by atoms with Gasteiger partial charge >= 0.3 is 0 Å². The predicted molar refractivity (Wildman–Crippen MR) is 98.6 cm³/mol. The van der Waals surface area contributed by atoms with Crippen LogP contribution >= 0.6 is 23.2 Å². The topological polar surface area (TPSA) is 55.1 Å². The summed E-state index contributed by atoms with van der Waals surface area (Å²) in [6, 6.07) is 14.8. The zero-order valence-electron chi connectivity index (χ0n) is 13.3. The first kappa shape index (κ1) is 17.5. The van der Waals surface area contributed by atoms with Crippen LogP contribution in [0.4, 0.5) is 0 Å². The lowest BCUT2D eigenvalue weighted by Crippen LogP contribution is -2.23. The van der Waals surface area contributed by atoms with Gasteiger partial charge in [-0.1, -0.05) is 47.5 Å². The first-order chi connectivity index (χ1) is 12.1. The number of rotatable bonds is 6. The van der Waals surface area contributed by atoms with Crippen LogP contribution in [0, 0.1) is 0 Å². The Morgan fingerprint density at radius 3 is 2.76 bits per heavy atom. The minimum atomic E-state index is -0.0718. The average Bonchev–Trinajstić information content (AvgIpc) is 3.07. The van der Waals surface area contributed by atoms with Gasteiger partial charge in [0.2, 0.25) is 5.91 Å². The Morgan fingerprint density at radius 1 is 1.12 bits per heavy atom. The Bertz CT molecular complexity index is 877. The number of nitrogens with zero attached hydrogens (tertiary/aromatic N) is 1. The van der Waals surface area contributed by atoms with Crippen molar-refractivity contribution in [3.63, 3.8) is 0 Å². The van der Waals surface area contributed by atoms with E-state index >= 15 is 0 Å². The minimum Gasteiger partial charge on any atom is -0.441 e. The predicted octanol–water partition coefficient (Wildman–Crippen LogP) is 4.90. The monoisotopic (exact) mass is 374 g/mol. The molecule has 0 aliphatic heterocycles. The highest BCUT2D eigenvalue weighted by Crippen LogP contribution is 2.28. The molecule has 1 N–H and O–H groups in total. The fourth-order valence-corrected chi connectivity index (χ4v) is 2.81. The van der Waals surface area contributed by atoms with Gasteiger partial charge in [0.15, 0.2) is 11.7 Å². The Balaban J connectivity index is 1.52. The maximum atomic E-state index is 12.0. The molecular formula is C19H16Cl2N2O2. The van der Waals surface area contributed by atoms with Crippen molar-refractivity contribution in [1.29, 1.82) is 0 Å². The molecule has 6 heteroatoms. The summed E-state index contributed by atoms with van der Waals surface area (Å²) in [7, 11) is 0. The molecule has 1 amide bonds. The summed E-state index contributed by atoms with van der Waals surface area (Å²) in [4.78, 5) is 16.2. The number of hydrogen-bond donors (Lipinski definition) is 1. The fourth-order valence-electron chi connectivity index (χ4n) is 2.37. The van der Waals surface area contributed by atoms with Crippen molar-refractivity contribution < 1.29 is 9.21 Å². The van der Waals surface area contributed by atoms with Gasteiger partial charge in [-0.05, 0) is 29.8 Å². The third-order valence-corrected chi connectivity index (χ3v) is 4.20. The third-order valence-electron chi connectivity index (χ3n) is 3.64. The second-order valence-electron chi connectivity index (χ2n) is 5.50. The highest BCUT2D eigenvalue weighted by atomic mass is 35.5. The van der Waals surface area contributed by atoms with Crippen LogP contribution in [0.3, 0.4) is 0 Å². The Morgan fingerprint density at radius 2 is 1.96 bits per heavy atom. The molecule has 0 spiro atoms. The Labute approximate surface area is 155 Å². The van der Waals surface area contributed by atoms with Crippen molar-refractivity contribution in [3.8, 4) is 11.3 Å². The van der Waals surface area contributed by atoms with E-state index in [-0.39, 0.29) is 5.91 Å². The van der Waals surface area contributed by atoms with E-state index in [4.69, 9.17) is 27.6 Å². The molecule has 0 aliphatic carbocycles. The lowest BCUT2D eigenvalue weighted by molar-refractivity contribution is -0.121. The van der Waals surface area contributed by atoms with Gasteiger partial charge in [0, 0.05) is 30.0 Å². The van der Waals surface area contributed by atoms with Crippen LogP contribution in [0.15, 0.2) is 59.1 Å². The van der Waals surface area contributed by atoms with Gasteiger partial charge in [-0.15, -0.1) is 0 Å². The first-order valence-electron chi connectivity index (χ1n) is 7.82. The van der Waals surface area contributed by atoms with Gasteiger partial charge in [0.25, 0.3) is 0 Å². The summed E-state index contributed by atoms with van der Waals surface area (Å²) in [6.07, 6.45) is 2.34. The van der Waals surface area contributed by atoms with Crippen LogP contribution in [0.2, 0.25) is 10.0 Å². The smallest absolute Gasteiger partial charge is 0.220 e. The molecule has 3 aromatic rings. The number of nitrogens with one attached hydrogen (secondary N) is 1. The number of hydrogen-bond acceptors (Lipinski definition) is 3. The van der Waals surface area contributed by atoms with E-state index < -0.39 is 0 Å². The highest BCUT2D eigenvalue weighted by molar-refractivity contribution is 6.33. The Kier molecular flexibility index (Phi) is 5.74. The van der Waals surface area contributed by atoms with Crippen molar-refractivity contribution in [2.75, 3.05) is 0 Å². The van der Waals surface area contributed by atoms with E-state index in [1.165, 1.54) is 0 Å². The van der Waals surface area contributed by atoms with Crippen LogP contribution < -0.4 is 5.32 Å². The molecule has 128 valence electrons. The van der Waals surface area contributed by atoms with Crippen LogP contribution in [0.5, 0.6) is 0 Å². The summed E-state index contributed by atoms with van der Waals surface area (Å²) in [5.74, 6) is 1.03. The SMILES string of the molecule is O=C(CCc1ncc(-c2ccccc2Cl)o1)NCc1cccc(Cl)c1. The van der Waals surface area contributed by atoms with Gasteiger partial charge in [0.1, 0.15) is 0 Å². The van der Waals surface area contributed by atoms with E-state index in [1.807, 2.05) is 36.4 Å². The van der Waals surface area contributed by atoms with Gasteiger partial charge in [-0.3, -0.25) is 4.79 Å². The second-order valence-corrected chi connectivity index (χ2v) is 6.35. The summed E-state index contributed by atoms with van der Waals surface area (Å²) < 4.78 is 5.69. The van der Waals surface area contributed by atoms with Crippen LogP contribution in [0.1, 0.15) is 17.9 Å². The molecule has 2 aromatic carbocycles. The number of aromatic nitrogens is 1. The van der Waals surface area contributed by atoms with Crippen molar-refractivity contribution in [3.05, 3.63) is 76.2 Å². The maximum absolute atomic E-state index is 12.0. The summed E-state index contributed by atoms with van der Waals surface area (Å²) in [6.45, 7) is 0.440. The third kappa shape index (κ3) is 4.84. The number of carbonyl (C=O) groups excluding carboxylic acids is 1. The lowest BCUT2D eigenvalue weighted by Gasteiger charge is -2.05. The molecule has 4 nitrogen and oxygen atoms in total.